The molecular formula is C20H17ClF2N4O2. The van der Waals surface area contributed by atoms with Crippen LogP contribution in [0.5, 0.6) is 0 Å². The smallest absolute Gasteiger partial charge is 0.255 e. The van der Waals surface area contributed by atoms with Crippen LogP contribution in [0.25, 0.3) is 11.3 Å². The number of aromatic nitrogens is 2. The molecule has 1 aromatic carbocycles. The first-order valence-corrected chi connectivity index (χ1v) is 9.01. The van der Waals surface area contributed by atoms with Crippen molar-refractivity contribution in [3.8, 4) is 11.3 Å². The second-order valence-corrected chi connectivity index (χ2v) is 6.72. The molecule has 1 atom stereocenters. The van der Waals surface area contributed by atoms with Crippen molar-refractivity contribution < 1.29 is 18.7 Å². The van der Waals surface area contributed by atoms with Crippen LogP contribution in [0.15, 0.2) is 48.9 Å². The summed E-state index contributed by atoms with van der Waals surface area (Å²) >= 11 is 5.92. The maximum absolute atomic E-state index is 14.3. The zero-order valence-corrected chi connectivity index (χ0v) is 16.0. The summed E-state index contributed by atoms with van der Waals surface area (Å²) in [5.41, 5.74) is 0.712. The number of pyridine rings is 2. The first-order valence-electron chi connectivity index (χ1n) is 8.63. The minimum Gasteiger partial charge on any atom is -0.392 e. The van der Waals surface area contributed by atoms with E-state index in [0.717, 1.165) is 6.20 Å². The van der Waals surface area contributed by atoms with E-state index >= 15 is 0 Å². The van der Waals surface area contributed by atoms with Crippen molar-refractivity contribution in [3.05, 3.63) is 71.1 Å². The Morgan fingerprint density at radius 1 is 1.17 bits per heavy atom. The Kier molecular flexibility index (Phi) is 6.36. The van der Waals surface area contributed by atoms with E-state index in [-0.39, 0.29) is 34.7 Å². The Bertz CT molecular complexity index is 1050. The number of amides is 1. The van der Waals surface area contributed by atoms with Crippen molar-refractivity contribution in [2.45, 2.75) is 13.0 Å². The lowest BCUT2D eigenvalue weighted by atomic mass is 10.1. The monoisotopic (exact) mass is 418 g/mol. The van der Waals surface area contributed by atoms with Gasteiger partial charge in [0.2, 0.25) is 0 Å². The van der Waals surface area contributed by atoms with Gasteiger partial charge in [-0.2, -0.15) is 0 Å². The predicted molar refractivity (Wildman–Crippen MR) is 106 cm³/mol. The number of nitrogens with zero attached hydrogens (tertiary/aromatic N) is 2. The van der Waals surface area contributed by atoms with Gasteiger partial charge < -0.3 is 15.7 Å². The standard InChI is InChI=1S/C20H17ClF2N4O2/c1-11(28)8-26-20(29)14-9-24-5-4-17(14)27-19-7-18(25-10-16(19)23)13-6-12(21)2-3-15(13)22/h2-7,9-11,28H,8H2,1H3,(H,26,29)(H,24,25,27). The summed E-state index contributed by atoms with van der Waals surface area (Å²) < 4.78 is 28.5. The first kappa shape index (κ1) is 20.6. The number of carbonyl (C=O) groups excluding carboxylic acids is 1. The second-order valence-electron chi connectivity index (χ2n) is 6.28. The molecule has 29 heavy (non-hydrogen) atoms. The van der Waals surface area contributed by atoms with Crippen molar-refractivity contribution >= 4 is 28.9 Å². The largest absolute Gasteiger partial charge is 0.392 e. The number of hydrogen-bond donors (Lipinski definition) is 3. The summed E-state index contributed by atoms with van der Waals surface area (Å²) in [5.74, 6) is -1.73. The van der Waals surface area contributed by atoms with Gasteiger partial charge in [-0.1, -0.05) is 11.6 Å². The van der Waals surface area contributed by atoms with E-state index in [1.54, 1.807) is 0 Å². The van der Waals surface area contributed by atoms with Gasteiger partial charge in [0.25, 0.3) is 5.91 Å². The highest BCUT2D eigenvalue weighted by Gasteiger charge is 2.15. The van der Waals surface area contributed by atoms with E-state index in [9.17, 15) is 18.7 Å². The van der Waals surface area contributed by atoms with Crippen LogP contribution >= 0.6 is 11.6 Å². The average Bonchev–Trinajstić information content (AvgIpc) is 2.70. The third kappa shape index (κ3) is 5.04. The fourth-order valence-electron chi connectivity index (χ4n) is 2.54. The molecule has 3 aromatic rings. The zero-order valence-electron chi connectivity index (χ0n) is 15.3. The van der Waals surface area contributed by atoms with Gasteiger partial charge in [0.05, 0.1) is 34.9 Å². The lowest BCUT2D eigenvalue weighted by Crippen LogP contribution is -2.31. The molecule has 0 aliphatic heterocycles. The maximum atomic E-state index is 14.3. The second kappa shape index (κ2) is 8.93. The Morgan fingerprint density at radius 3 is 2.72 bits per heavy atom. The third-order valence-electron chi connectivity index (χ3n) is 3.95. The SMILES string of the molecule is CC(O)CNC(=O)c1cnccc1Nc1cc(-c2cc(Cl)ccc2F)ncc1F. The fourth-order valence-corrected chi connectivity index (χ4v) is 2.71. The van der Waals surface area contributed by atoms with Crippen LogP contribution < -0.4 is 10.6 Å². The molecule has 3 N–H and O–H groups in total. The van der Waals surface area contributed by atoms with E-state index in [2.05, 4.69) is 20.6 Å². The molecule has 0 radical (unpaired) electrons. The fraction of sp³-hybridized carbons (Fsp3) is 0.150. The van der Waals surface area contributed by atoms with E-state index in [1.807, 2.05) is 0 Å². The molecule has 0 aliphatic rings. The Labute approximate surface area is 170 Å². The summed E-state index contributed by atoms with van der Waals surface area (Å²) in [6, 6.07) is 6.81. The topological polar surface area (TPSA) is 87.1 Å². The Balaban J connectivity index is 1.93. The van der Waals surface area contributed by atoms with Crippen LogP contribution in [-0.4, -0.2) is 33.6 Å². The quantitative estimate of drug-likeness (QED) is 0.564. The molecular weight excluding hydrogens is 402 g/mol. The molecule has 0 saturated carbocycles. The van der Waals surface area contributed by atoms with Crippen LogP contribution in [-0.2, 0) is 0 Å². The zero-order chi connectivity index (χ0) is 21.0. The minimum atomic E-state index is -0.722. The number of benzene rings is 1. The molecule has 0 aliphatic carbocycles. The normalized spacial score (nSPS) is 11.8. The summed E-state index contributed by atoms with van der Waals surface area (Å²) in [5, 5.41) is 15.0. The molecule has 2 heterocycles. The number of carbonyl (C=O) groups is 1. The van der Waals surface area contributed by atoms with Crippen LogP contribution in [0, 0.1) is 11.6 Å². The molecule has 0 bridgehead atoms. The van der Waals surface area contributed by atoms with Gasteiger partial charge in [0.1, 0.15) is 5.82 Å². The Hall–Kier alpha value is -3.10. The highest BCUT2D eigenvalue weighted by atomic mass is 35.5. The molecule has 6 nitrogen and oxygen atoms in total. The average molecular weight is 419 g/mol. The van der Waals surface area contributed by atoms with Gasteiger partial charge in [-0.15, -0.1) is 0 Å². The van der Waals surface area contributed by atoms with E-state index in [4.69, 9.17) is 11.6 Å². The number of anilines is 2. The third-order valence-corrected chi connectivity index (χ3v) is 4.19. The van der Waals surface area contributed by atoms with Gasteiger partial charge in [0.15, 0.2) is 5.82 Å². The molecule has 0 spiro atoms. The number of rotatable bonds is 6. The van der Waals surface area contributed by atoms with Crippen molar-refractivity contribution in [2.75, 3.05) is 11.9 Å². The number of nitrogens with one attached hydrogen (secondary N) is 2. The molecule has 3 rings (SSSR count). The van der Waals surface area contributed by atoms with E-state index < -0.39 is 23.6 Å². The summed E-state index contributed by atoms with van der Waals surface area (Å²) in [6.45, 7) is 1.58. The van der Waals surface area contributed by atoms with Crippen LogP contribution in [0.4, 0.5) is 20.2 Å². The lowest BCUT2D eigenvalue weighted by Gasteiger charge is -2.14. The van der Waals surface area contributed by atoms with Gasteiger partial charge in [-0.25, -0.2) is 8.78 Å². The van der Waals surface area contributed by atoms with E-state index in [1.165, 1.54) is 49.6 Å². The van der Waals surface area contributed by atoms with E-state index in [0.29, 0.717) is 5.02 Å². The molecule has 150 valence electrons. The molecule has 0 fully saturated rings. The Morgan fingerprint density at radius 2 is 1.97 bits per heavy atom. The highest BCUT2D eigenvalue weighted by Crippen LogP contribution is 2.29. The molecule has 0 saturated heterocycles. The van der Waals surface area contributed by atoms with Gasteiger partial charge in [-0.3, -0.25) is 14.8 Å². The van der Waals surface area contributed by atoms with Gasteiger partial charge >= 0.3 is 0 Å². The summed E-state index contributed by atoms with van der Waals surface area (Å²) in [6.07, 6.45) is 2.98. The van der Waals surface area contributed by atoms with Crippen molar-refractivity contribution in [2.24, 2.45) is 0 Å². The summed E-state index contributed by atoms with van der Waals surface area (Å²) in [4.78, 5) is 20.2. The summed E-state index contributed by atoms with van der Waals surface area (Å²) in [7, 11) is 0. The van der Waals surface area contributed by atoms with Crippen molar-refractivity contribution in [1.82, 2.24) is 15.3 Å². The minimum absolute atomic E-state index is 0.00912. The van der Waals surface area contributed by atoms with Gasteiger partial charge in [-0.05, 0) is 37.3 Å². The van der Waals surface area contributed by atoms with Crippen LogP contribution in [0.3, 0.4) is 0 Å². The van der Waals surface area contributed by atoms with Crippen molar-refractivity contribution in [3.63, 3.8) is 0 Å². The number of aliphatic hydroxyl groups excluding tert-OH is 1. The molecule has 1 amide bonds. The number of halogens is 3. The molecule has 1 unspecified atom stereocenters. The lowest BCUT2D eigenvalue weighted by molar-refractivity contribution is 0.0924. The predicted octanol–water partition coefficient (Wildman–Crippen LogP) is 3.93. The molecule has 2 aromatic heterocycles. The van der Waals surface area contributed by atoms with Crippen LogP contribution in [0.2, 0.25) is 5.02 Å². The van der Waals surface area contributed by atoms with Crippen molar-refractivity contribution in [1.29, 1.82) is 0 Å². The first-order chi connectivity index (χ1) is 13.8. The van der Waals surface area contributed by atoms with Crippen LogP contribution in [0.1, 0.15) is 17.3 Å². The van der Waals surface area contributed by atoms with Gasteiger partial charge in [0, 0.05) is 29.5 Å². The highest BCUT2D eigenvalue weighted by molar-refractivity contribution is 6.30. The maximum Gasteiger partial charge on any atom is 0.255 e. The number of aliphatic hydroxyl groups is 1. The number of hydrogen-bond acceptors (Lipinski definition) is 5. The molecule has 9 heteroatoms.